The fourth-order valence-corrected chi connectivity index (χ4v) is 4.20. The average molecular weight is 529 g/mol. The van der Waals surface area contributed by atoms with Crippen molar-refractivity contribution >= 4 is 69.8 Å². The van der Waals surface area contributed by atoms with Gasteiger partial charge < -0.3 is 14.2 Å². The van der Waals surface area contributed by atoms with Crippen LogP contribution < -0.4 is 14.8 Å². The quantitative estimate of drug-likeness (QED) is 0.239. The molecule has 172 valence electrons. The highest BCUT2D eigenvalue weighted by Crippen LogP contribution is 2.33. The summed E-state index contributed by atoms with van der Waals surface area (Å²) in [6, 6.07) is 8.33. The van der Waals surface area contributed by atoms with Gasteiger partial charge in [0.15, 0.2) is 16.7 Å². The van der Waals surface area contributed by atoms with Crippen molar-refractivity contribution in [3.8, 4) is 11.5 Å². The summed E-state index contributed by atoms with van der Waals surface area (Å²) in [6.45, 7) is 0.116. The van der Waals surface area contributed by atoms with Crippen molar-refractivity contribution < 1.29 is 23.8 Å². The monoisotopic (exact) mass is 527 g/mol. The highest BCUT2D eigenvalue weighted by Gasteiger charge is 2.25. The Balaban J connectivity index is 1.68. The fourth-order valence-electron chi connectivity index (χ4n) is 2.53. The van der Waals surface area contributed by atoms with E-state index in [0.717, 1.165) is 17.8 Å². The Kier molecular flexibility index (Phi) is 8.62. The van der Waals surface area contributed by atoms with Crippen LogP contribution in [0.1, 0.15) is 11.1 Å². The minimum Gasteiger partial charge on any atom is -0.493 e. The lowest BCUT2D eigenvalue weighted by atomic mass is 10.2. The molecule has 1 fully saturated rings. The Hall–Kier alpha value is -2.72. The molecule has 0 unspecified atom stereocenters. The Morgan fingerprint density at radius 3 is 2.52 bits per heavy atom. The SMILES string of the molecule is COC(=O)/C=C1/S/C(=N\N=Cc2ccc(OCc3c(Cl)cc(Cl)cc3Cl)c(OC)c2)NC1=O. The highest BCUT2D eigenvalue weighted by molar-refractivity contribution is 8.18. The summed E-state index contributed by atoms with van der Waals surface area (Å²) < 4.78 is 15.7. The number of carbonyl (C=O) groups is 2. The molecule has 2 aromatic rings. The molecule has 0 bridgehead atoms. The molecule has 0 spiro atoms. The maximum atomic E-state index is 11.8. The molecular formula is C21H16Cl3N3O5S. The van der Waals surface area contributed by atoms with Gasteiger partial charge in [-0.3, -0.25) is 10.1 Å². The molecule has 1 heterocycles. The van der Waals surface area contributed by atoms with E-state index in [1.54, 1.807) is 30.3 Å². The first kappa shape index (κ1) is 24.9. The van der Waals surface area contributed by atoms with Gasteiger partial charge >= 0.3 is 5.97 Å². The molecule has 2 aromatic carbocycles. The maximum Gasteiger partial charge on any atom is 0.331 e. The van der Waals surface area contributed by atoms with Crippen LogP contribution in [-0.4, -0.2) is 37.5 Å². The van der Waals surface area contributed by atoms with Crippen LogP contribution >= 0.6 is 46.6 Å². The van der Waals surface area contributed by atoms with E-state index in [0.29, 0.717) is 37.7 Å². The molecule has 1 saturated heterocycles. The van der Waals surface area contributed by atoms with Gasteiger partial charge in [0, 0.05) is 16.7 Å². The summed E-state index contributed by atoms with van der Waals surface area (Å²) >= 11 is 19.3. The van der Waals surface area contributed by atoms with Crippen molar-refractivity contribution in [1.82, 2.24) is 5.32 Å². The Morgan fingerprint density at radius 1 is 1.12 bits per heavy atom. The van der Waals surface area contributed by atoms with Crippen LogP contribution in [0.15, 0.2) is 51.5 Å². The Morgan fingerprint density at radius 2 is 1.85 bits per heavy atom. The van der Waals surface area contributed by atoms with Crippen LogP contribution in [0.3, 0.4) is 0 Å². The van der Waals surface area contributed by atoms with Gasteiger partial charge in [-0.25, -0.2) is 4.79 Å². The number of ether oxygens (including phenoxy) is 3. The largest absolute Gasteiger partial charge is 0.493 e. The molecule has 0 atom stereocenters. The lowest BCUT2D eigenvalue weighted by molar-refractivity contribution is -0.135. The number of thioether (sulfide) groups is 1. The van der Waals surface area contributed by atoms with Gasteiger partial charge in [0.2, 0.25) is 0 Å². The number of benzene rings is 2. The maximum absolute atomic E-state index is 11.8. The molecule has 1 amide bonds. The van der Waals surface area contributed by atoms with E-state index >= 15 is 0 Å². The Bertz CT molecular complexity index is 1160. The van der Waals surface area contributed by atoms with Gasteiger partial charge in [0.25, 0.3) is 5.91 Å². The van der Waals surface area contributed by atoms with Crippen molar-refractivity contribution in [3.63, 3.8) is 0 Å². The van der Waals surface area contributed by atoms with Crippen LogP contribution in [0.2, 0.25) is 15.1 Å². The number of nitrogens with one attached hydrogen (secondary N) is 1. The number of amidine groups is 1. The number of carbonyl (C=O) groups excluding carboxylic acids is 2. The third kappa shape index (κ3) is 6.64. The van der Waals surface area contributed by atoms with Crippen molar-refractivity contribution in [2.45, 2.75) is 6.61 Å². The number of esters is 1. The van der Waals surface area contributed by atoms with Crippen LogP contribution in [-0.2, 0) is 20.9 Å². The number of rotatable bonds is 7. The third-order valence-corrected chi connectivity index (χ3v) is 5.91. The first-order valence-corrected chi connectivity index (χ1v) is 11.1. The molecule has 0 saturated carbocycles. The zero-order valence-corrected chi connectivity index (χ0v) is 20.3. The molecule has 0 aliphatic carbocycles. The van der Waals surface area contributed by atoms with Crippen molar-refractivity contribution in [2.24, 2.45) is 10.2 Å². The van der Waals surface area contributed by atoms with Crippen LogP contribution in [0, 0.1) is 0 Å². The van der Waals surface area contributed by atoms with Gasteiger partial charge in [-0.2, -0.15) is 5.10 Å². The summed E-state index contributed by atoms with van der Waals surface area (Å²) in [5, 5.41) is 11.9. The second kappa shape index (κ2) is 11.4. The Labute approximate surface area is 208 Å². The molecule has 1 aliphatic rings. The minimum atomic E-state index is -0.632. The van der Waals surface area contributed by atoms with Crippen molar-refractivity contribution in [2.75, 3.05) is 14.2 Å². The average Bonchev–Trinajstić information content (AvgIpc) is 3.12. The second-order valence-corrected chi connectivity index (χ2v) is 8.57. The zero-order chi connectivity index (χ0) is 24.0. The molecule has 0 aromatic heterocycles. The van der Waals surface area contributed by atoms with Gasteiger partial charge in [-0.15, -0.1) is 5.10 Å². The van der Waals surface area contributed by atoms with E-state index in [4.69, 9.17) is 44.3 Å². The third-order valence-electron chi connectivity index (χ3n) is 4.12. The normalized spacial score (nSPS) is 15.8. The van der Waals surface area contributed by atoms with E-state index in [1.165, 1.54) is 20.4 Å². The van der Waals surface area contributed by atoms with Gasteiger partial charge in [0.05, 0.1) is 35.4 Å². The minimum absolute atomic E-state index is 0.116. The summed E-state index contributed by atoms with van der Waals surface area (Å²) in [5.74, 6) is -0.158. The molecular weight excluding hydrogens is 513 g/mol. The smallest absolute Gasteiger partial charge is 0.331 e. The first-order valence-electron chi connectivity index (χ1n) is 9.15. The standard InChI is InChI=1S/C21H16Cl3N3O5S/c1-30-17-5-11(9-25-27-21-26-20(29)18(33-21)8-19(28)31-2)3-4-16(17)32-10-13-14(23)6-12(22)7-15(13)24/h3-9H,10H2,1-2H3,(H,26,27,29)/b18-8+,25-9?. The van der Waals surface area contributed by atoms with Crippen molar-refractivity contribution in [1.29, 1.82) is 0 Å². The molecule has 0 radical (unpaired) electrons. The van der Waals surface area contributed by atoms with E-state index in [2.05, 4.69) is 20.3 Å². The predicted octanol–water partition coefficient (Wildman–Crippen LogP) is 4.84. The molecule has 1 aliphatic heterocycles. The van der Waals surface area contributed by atoms with Gasteiger partial charge in [0.1, 0.15) is 6.61 Å². The highest BCUT2D eigenvalue weighted by atomic mass is 35.5. The van der Waals surface area contributed by atoms with E-state index in [-0.39, 0.29) is 16.7 Å². The fraction of sp³-hybridized carbons (Fsp3) is 0.143. The second-order valence-electron chi connectivity index (χ2n) is 6.28. The van der Waals surface area contributed by atoms with Gasteiger partial charge in [-0.1, -0.05) is 34.8 Å². The lowest BCUT2D eigenvalue weighted by Gasteiger charge is -2.13. The summed E-state index contributed by atoms with van der Waals surface area (Å²) in [5.41, 5.74) is 1.27. The lowest BCUT2D eigenvalue weighted by Crippen LogP contribution is -2.19. The number of methoxy groups -OCH3 is 2. The topological polar surface area (TPSA) is 98.6 Å². The number of hydrogen-bond donors (Lipinski definition) is 1. The molecule has 1 N–H and O–H groups in total. The van der Waals surface area contributed by atoms with Crippen LogP contribution in [0.4, 0.5) is 0 Å². The van der Waals surface area contributed by atoms with Crippen LogP contribution in [0.5, 0.6) is 11.5 Å². The molecule has 8 nitrogen and oxygen atoms in total. The molecule has 12 heteroatoms. The van der Waals surface area contributed by atoms with Gasteiger partial charge in [-0.05, 0) is 47.7 Å². The number of amides is 1. The number of halogens is 3. The van der Waals surface area contributed by atoms with Crippen molar-refractivity contribution in [3.05, 3.63) is 67.5 Å². The summed E-state index contributed by atoms with van der Waals surface area (Å²) in [6.07, 6.45) is 2.56. The summed E-state index contributed by atoms with van der Waals surface area (Å²) in [7, 11) is 2.73. The van der Waals surface area contributed by atoms with Crippen LogP contribution in [0.25, 0.3) is 0 Å². The molecule has 33 heavy (non-hydrogen) atoms. The predicted molar refractivity (Wildman–Crippen MR) is 130 cm³/mol. The van der Waals surface area contributed by atoms with E-state index < -0.39 is 11.9 Å². The first-order chi connectivity index (χ1) is 15.8. The summed E-state index contributed by atoms with van der Waals surface area (Å²) in [4.78, 5) is 23.3. The van der Waals surface area contributed by atoms with E-state index in [1.807, 2.05) is 0 Å². The zero-order valence-electron chi connectivity index (χ0n) is 17.2. The van der Waals surface area contributed by atoms with E-state index in [9.17, 15) is 9.59 Å². The number of hydrogen-bond acceptors (Lipinski definition) is 8. The molecule has 3 rings (SSSR count). The number of nitrogens with zero attached hydrogens (tertiary/aromatic N) is 2.